The molecule has 6 aromatic heterocycles. The summed E-state index contributed by atoms with van der Waals surface area (Å²) in [6.45, 7) is 2.80. The number of nitrogens with one attached hydrogen (secondary N) is 3. The highest BCUT2D eigenvalue weighted by atomic mass is 16.5. The molecule has 0 fully saturated rings. The molecule has 18 bridgehead atoms. The van der Waals surface area contributed by atoms with E-state index in [0.29, 0.717) is 93.0 Å². The predicted octanol–water partition coefficient (Wildman–Crippen LogP) is 11.0. The van der Waals surface area contributed by atoms with Crippen LogP contribution in [0.15, 0.2) is 250 Å². The van der Waals surface area contributed by atoms with Gasteiger partial charge in [0.2, 0.25) is 0 Å². The number of carbonyl (C=O) groups is 4. The van der Waals surface area contributed by atoms with Gasteiger partial charge in [-0.3, -0.25) is 14.4 Å². The monoisotopic (exact) mass is 1480 g/mol. The summed E-state index contributed by atoms with van der Waals surface area (Å²) in [7, 11) is 1.00. The third-order valence-corrected chi connectivity index (χ3v) is 17.7. The van der Waals surface area contributed by atoms with Crippen molar-refractivity contribution in [1.82, 2.24) is 60.2 Å². The van der Waals surface area contributed by atoms with Crippen LogP contribution < -0.4 is 44.4 Å². The average Bonchev–Trinajstić information content (AvgIpc) is 1.35. The molecule has 0 radical (unpaired) electrons. The number of aliphatic hydroxyl groups excluding tert-OH is 3. The summed E-state index contributed by atoms with van der Waals surface area (Å²) in [6.07, 6.45) is 19.5. The van der Waals surface area contributed by atoms with Gasteiger partial charge in [-0.2, -0.15) is 15.3 Å². The number of aliphatic hydroxyl groups is 3. The van der Waals surface area contributed by atoms with Gasteiger partial charge in [0.1, 0.15) is 54.0 Å². The van der Waals surface area contributed by atoms with E-state index in [2.05, 4.69) is 46.2 Å². The molecule has 562 valence electrons. The van der Waals surface area contributed by atoms with Gasteiger partial charge in [-0.15, -0.1) is 0 Å². The molecule has 0 saturated heterocycles. The van der Waals surface area contributed by atoms with E-state index in [1.807, 2.05) is 176 Å². The maximum absolute atomic E-state index is 13.2. The van der Waals surface area contributed by atoms with Crippen LogP contribution in [0.3, 0.4) is 0 Å². The second kappa shape index (κ2) is 39.0. The van der Waals surface area contributed by atoms with Crippen molar-refractivity contribution < 1.29 is 62.9 Å². The van der Waals surface area contributed by atoms with Crippen LogP contribution in [0.2, 0.25) is 0 Å². The Kier molecular flexibility index (Phi) is 27.1. The molecule has 0 saturated carbocycles. The summed E-state index contributed by atoms with van der Waals surface area (Å²) in [5.41, 5.74) is 8.79. The lowest BCUT2D eigenvalue weighted by Crippen LogP contribution is -2.39. The van der Waals surface area contributed by atoms with Gasteiger partial charge >= 0.3 is 0 Å². The smallest absolute Gasteiger partial charge is 0.255 e. The Hall–Kier alpha value is -13.1. The standard InChI is InChI=1S/C28H28N4O4.2C28H26N4O4.CH4O/c3*33-19-22-17-20-8-10-23(11-9-20)35-15-1-2-16-36-24-6-3-5-21(18-24)26-12-14-32(31-26)27-25(28(34)30-22)7-4-13-29-27;1-2/h3-14,18,22,33H,1-2,15-17,19H2,(H,30,34);3-14,18-19,22H,1-2,15-17H2,(H,30,34);1-14,18,22,33H,15-17,19H2,(H,30,34);2H,1H3/b;;2-1+;/t3*22-;/m000./s1. The van der Waals surface area contributed by atoms with Crippen LogP contribution in [0.25, 0.3) is 51.2 Å². The Bertz CT molecular complexity index is 5020. The number of nitrogens with zero attached hydrogens (tertiary/aromatic N) is 9. The number of ether oxygens (including phenoxy) is 6. The number of fused-ring (bicyclic) bond motifs is 29. The minimum Gasteiger partial charge on any atom is -0.494 e. The summed E-state index contributed by atoms with van der Waals surface area (Å²) < 4.78 is 39.9. The number of benzene rings is 6. The number of hydrogen-bond donors (Lipinski definition) is 6. The highest BCUT2D eigenvalue weighted by Gasteiger charge is 2.24. The van der Waals surface area contributed by atoms with Crippen LogP contribution >= 0.6 is 0 Å². The Morgan fingerprint density at radius 2 is 0.718 bits per heavy atom. The van der Waals surface area contributed by atoms with Crippen molar-refractivity contribution in [3.8, 4) is 85.7 Å². The van der Waals surface area contributed by atoms with Crippen molar-refractivity contribution in [2.45, 2.75) is 63.1 Å². The fourth-order valence-corrected chi connectivity index (χ4v) is 12.1. The van der Waals surface area contributed by atoms with Gasteiger partial charge in [0.15, 0.2) is 17.5 Å². The first-order valence-electron chi connectivity index (χ1n) is 36.2. The molecule has 3 amide bonds. The summed E-state index contributed by atoms with van der Waals surface area (Å²) in [5.74, 6) is 4.67. The lowest BCUT2D eigenvalue weighted by molar-refractivity contribution is -0.109. The molecule has 3 atom stereocenters. The van der Waals surface area contributed by atoms with Crippen LogP contribution in [0.5, 0.6) is 34.5 Å². The molecule has 25 heteroatoms. The minimum atomic E-state index is -0.689. The number of aldehydes is 1. The zero-order valence-corrected chi connectivity index (χ0v) is 60.5. The minimum absolute atomic E-state index is 0.191. The van der Waals surface area contributed by atoms with E-state index in [-0.39, 0.29) is 25.0 Å². The van der Waals surface area contributed by atoms with Crippen molar-refractivity contribution in [1.29, 1.82) is 0 Å². The highest BCUT2D eigenvalue weighted by molar-refractivity contribution is 5.99. The van der Waals surface area contributed by atoms with Crippen LogP contribution in [-0.4, -0.2) is 162 Å². The summed E-state index contributed by atoms with van der Waals surface area (Å²) >= 11 is 0. The molecule has 6 aromatic carbocycles. The number of rotatable bonds is 3. The van der Waals surface area contributed by atoms with E-state index in [1.165, 1.54) is 0 Å². The number of amides is 3. The molecular weight excluding hydrogens is 1400 g/mol. The fourth-order valence-electron chi connectivity index (χ4n) is 12.1. The van der Waals surface area contributed by atoms with Crippen molar-refractivity contribution in [3.63, 3.8) is 0 Å². The molecule has 0 aliphatic carbocycles. The molecular formula is C85H84N12O13. The summed E-state index contributed by atoms with van der Waals surface area (Å²) in [6, 6.07) is 60.2. The molecule has 6 aliphatic rings. The highest BCUT2D eigenvalue weighted by Crippen LogP contribution is 2.29. The molecule has 0 spiro atoms. The van der Waals surface area contributed by atoms with Gasteiger partial charge in [0.25, 0.3) is 17.7 Å². The van der Waals surface area contributed by atoms with Crippen LogP contribution in [-0.2, 0) is 24.1 Å². The van der Waals surface area contributed by atoms with Crippen molar-refractivity contribution in [3.05, 3.63) is 283 Å². The van der Waals surface area contributed by atoms with Crippen molar-refractivity contribution >= 4 is 24.0 Å². The first-order chi connectivity index (χ1) is 54.1. The number of aromatic nitrogens is 9. The predicted molar refractivity (Wildman–Crippen MR) is 414 cm³/mol. The summed E-state index contributed by atoms with van der Waals surface area (Å²) in [4.78, 5) is 64.5. The van der Waals surface area contributed by atoms with Gasteiger partial charge in [-0.25, -0.2) is 29.0 Å². The second-order valence-corrected chi connectivity index (χ2v) is 25.5. The average molecular weight is 1480 g/mol. The molecule has 110 heavy (non-hydrogen) atoms. The molecule has 6 aliphatic heterocycles. The van der Waals surface area contributed by atoms with Crippen molar-refractivity contribution in [2.24, 2.45) is 0 Å². The third kappa shape index (κ3) is 20.9. The Morgan fingerprint density at radius 1 is 0.391 bits per heavy atom. The zero-order chi connectivity index (χ0) is 76.2. The van der Waals surface area contributed by atoms with Crippen LogP contribution in [0, 0.1) is 0 Å². The summed E-state index contributed by atoms with van der Waals surface area (Å²) in [5, 5.41) is 49.5. The normalized spacial score (nSPS) is 16.3. The quantitative estimate of drug-likeness (QED) is 0.0707. The second-order valence-electron chi connectivity index (χ2n) is 25.5. The number of hydrogen-bond acceptors (Lipinski definition) is 19. The maximum Gasteiger partial charge on any atom is 0.255 e. The van der Waals surface area contributed by atoms with Gasteiger partial charge < -0.3 is 64.5 Å². The molecule has 25 nitrogen and oxygen atoms in total. The lowest BCUT2D eigenvalue weighted by Gasteiger charge is -2.18. The molecule has 0 unspecified atom stereocenters. The largest absolute Gasteiger partial charge is 0.494 e. The van der Waals surface area contributed by atoms with E-state index in [0.717, 1.165) is 124 Å². The SMILES string of the molecule is CO.O=C1N[C@H](CO)Cc2ccc(cc2)OC/C=C/COc2cccc(c2)-c2ccn(n2)-c2ncccc21.O=C1N[C@H](CO)Cc2ccc(cc2)OCCCCOc2cccc(c2)-c2ccn(n2)-c2ncccc21.O=C[C@@H]1Cc2ccc(cc2)OCCCCOc2cccc(c2)-c2ccn(n2)-c2ncccc2C(=O)N1. The van der Waals surface area contributed by atoms with E-state index >= 15 is 0 Å². The molecule has 12 aromatic rings. The Labute approximate surface area is 635 Å². The lowest BCUT2D eigenvalue weighted by atomic mass is 10.1. The van der Waals surface area contributed by atoms with E-state index in [1.54, 1.807) is 87.6 Å². The number of pyridine rings is 3. The van der Waals surface area contributed by atoms with E-state index < -0.39 is 24.0 Å². The Morgan fingerprint density at radius 3 is 1.08 bits per heavy atom. The molecule has 18 rings (SSSR count). The van der Waals surface area contributed by atoms with E-state index in [9.17, 15) is 29.4 Å². The van der Waals surface area contributed by atoms with Crippen LogP contribution in [0.1, 0.15) is 73.4 Å². The maximum atomic E-state index is 13.2. The molecule has 6 N–H and O–H groups in total. The van der Waals surface area contributed by atoms with Gasteiger partial charge in [-0.1, -0.05) is 72.8 Å². The van der Waals surface area contributed by atoms with Gasteiger partial charge in [0.05, 0.1) is 91.5 Å². The van der Waals surface area contributed by atoms with Crippen molar-refractivity contribution in [2.75, 3.05) is 60.0 Å². The van der Waals surface area contributed by atoms with Gasteiger partial charge in [0, 0.05) is 61.0 Å². The third-order valence-electron chi connectivity index (χ3n) is 17.7. The first kappa shape index (κ1) is 76.5. The molecule has 12 heterocycles. The fraction of sp³-hybridized carbons (Fsp3) is 0.224. The zero-order valence-electron chi connectivity index (χ0n) is 60.5. The first-order valence-corrected chi connectivity index (χ1v) is 36.2. The van der Waals surface area contributed by atoms with E-state index in [4.69, 9.17) is 33.5 Å². The number of carbonyl (C=O) groups excluding carboxylic acids is 4. The van der Waals surface area contributed by atoms with Gasteiger partial charge in [-0.05, 0) is 201 Å². The Balaban J connectivity index is 0.000000152. The topological polar surface area (TPSA) is 313 Å². The van der Waals surface area contributed by atoms with Crippen LogP contribution in [0.4, 0.5) is 0 Å².